The Labute approximate surface area is 108 Å². The minimum absolute atomic E-state index is 0.856. The Morgan fingerprint density at radius 3 is 2.47 bits per heavy atom. The number of hydrogen-bond donors (Lipinski definition) is 0. The van der Waals surface area contributed by atoms with E-state index in [1.807, 2.05) is 0 Å². The fourth-order valence-corrected chi connectivity index (χ4v) is 4.18. The Morgan fingerprint density at radius 1 is 1.06 bits per heavy atom. The van der Waals surface area contributed by atoms with Gasteiger partial charge in [0.25, 0.3) is 0 Å². The standard InChI is InChI=1S/C15H26OSi/c1-3-5-14-17(4-2)16-13-9-12-15-10-7-6-8-11-15/h6-8,10-11,17H,3-5,9,12-14H2,1-2H3. The molecule has 0 saturated carbocycles. The lowest BCUT2D eigenvalue weighted by Crippen LogP contribution is -2.17. The minimum Gasteiger partial charge on any atom is -0.420 e. The van der Waals surface area contributed by atoms with Crippen LogP contribution in [0.4, 0.5) is 0 Å². The van der Waals surface area contributed by atoms with Crippen molar-refractivity contribution in [1.29, 1.82) is 0 Å². The first kappa shape index (κ1) is 14.5. The molecule has 0 aliphatic rings. The van der Waals surface area contributed by atoms with Gasteiger partial charge in [-0.25, -0.2) is 0 Å². The van der Waals surface area contributed by atoms with Gasteiger partial charge < -0.3 is 4.43 Å². The van der Waals surface area contributed by atoms with Gasteiger partial charge in [0.1, 0.15) is 0 Å². The van der Waals surface area contributed by atoms with Gasteiger partial charge in [0.15, 0.2) is 9.04 Å². The first-order valence-corrected chi connectivity index (χ1v) is 9.12. The normalized spacial score (nSPS) is 12.6. The van der Waals surface area contributed by atoms with Crippen LogP contribution in [-0.2, 0) is 10.8 Å². The zero-order valence-electron chi connectivity index (χ0n) is 11.3. The van der Waals surface area contributed by atoms with E-state index in [0.29, 0.717) is 0 Å². The van der Waals surface area contributed by atoms with Gasteiger partial charge in [-0.15, -0.1) is 0 Å². The third-order valence-corrected chi connectivity index (χ3v) is 5.81. The van der Waals surface area contributed by atoms with Crippen LogP contribution in [0.25, 0.3) is 0 Å². The van der Waals surface area contributed by atoms with E-state index in [4.69, 9.17) is 4.43 Å². The summed E-state index contributed by atoms with van der Waals surface area (Å²) < 4.78 is 6.05. The van der Waals surface area contributed by atoms with Gasteiger partial charge >= 0.3 is 0 Å². The van der Waals surface area contributed by atoms with Crippen LogP contribution in [0, 0.1) is 0 Å². The van der Waals surface area contributed by atoms with Crippen molar-refractivity contribution in [3.63, 3.8) is 0 Å². The van der Waals surface area contributed by atoms with Crippen molar-refractivity contribution < 1.29 is 4.43 Å². The number of unbranched alkanes of at least 4 members (excludes halogenated alkanes) is 1. The van der Waals surface area contributed by atoms with E-state index in [0.717, 1.165) is 13.0 Å². The molecule has 96 valence electrons. The van der Waals surface area contributed by atoms with Crippen molar-refractivity contribution in [2.75, 3.05) is 6.61 Å². The number of aryl methyl sites for hydroxylation is 1. The molecule has 0 aromatic heterocycles. The van der Waals surface area contributed by atoms with E-state index in [-0.39, 0.29) is 0 Å². The highest BCUT2D eigenvalue weighted by molar-refractivity contribution is 6.51. The van der Waals surface area contributed by atoms with Crippen LogP contribution in [0.1, 0.15) is 38.7 Å². The van der Waals surface area contributed by atoms with Crippen molar-refractivity contribution in [1.82, 2.24) is 0 Å². The van der Waals surface area contributed by atoms with Crippen molar-refractivity contribution in [2.45, 2.75) is 51.6 Å². The molecule has 2 heteroatoms. The Morgan fingerprint density at radius 2 is 1.82 bits per heavy atom. The maximum atomic E-state index is 6.05. The van der Waals surface area contributed by atoms with Crippen LogP contribution in [0.3, 0.4) is 0 Å². The molecule has 1 rings (SSSR count). The average molecular weight is 250 g/mol. The molecule has 1 atom stereocenters. The molecule has 1 aromatic carbocycles. The Balaban J connectivity index is 2.10. The first-order valence-electron chi connectivity index (χ1n) is 7.02. The highest BCUT2D eigenvalue weighted by Gasteiger charge is 2.07. The van der Waals surface area contributed by atoms with Crippen molar-refractivity contribution in [2.24, 2.45) is 0 Å². The van der Waals surface area contributed by atoms with Gasteiger partial charge in [0.2, 0.25) is 0 Å². The molecule has 0 fully saturated rings. The van der Waals surface area contributed by atoms with Crippen LogP contribution >= 0.6 is 0 Å². The van der Waals surface area contributed by atoms with E-state index in [2.05, 4.69) is 44.2 Å². The van der Waals surface area contributed by atoms with Crippen molar-refractivity contribution in [3.05, 3.63) is 35.9 Å². The zero-order valence-corrected chi connectivity index (χ0v) is 12.5. The summed E-state index contributed by atoms with van der Waals surface area (Å²) in [5.74, 6) is 0. The van der Waals surface area contributed by atoms with Gasteiger partial charge in [0.05, 0.1) is 0 Å². The van der Waals surface area contributed by atoms with Gasteiger partial charge in [-0.2, -0.15) is 0 Å². The number of rotatable bonds is 9. The van der Waals surface area contributed by atoms with Crippen molar-refractivity contribution >= 4 is 9.04 Å². The number of hydrogen-bond acceptors (Lipinski definition) is 1. The third kappa shape index (κ3) is 6.64. The summed E-state index contributed by atoms with van der Waals surface area (Å²) in [5, 5.41) is 0. The largest absolute Gasteiger partial charge is 0.420 e. The van der Waals surface area contributed by atoms with Crippen LogP contribution < -0.4 is 0 Å². The zero-order chi connectivity index (χ0) is 12.3. The molecule has 0 aliphatic heterocycles. The third-order valence-electron chi connectivity index (χ3n) is 3.14. The molecule has 0 heterocycles. The second kappa shape index (κ2) is 9.43. The van der Waals surface area contributed by atoms with E-state index >= 15 is 0 Å². The maximum Gasteiger partial charge on any atom is 0.176 e. The summed E-state index contributed by atoms with van der Waals surface area (Å²) >= 11 is 0. The lowest BCUT2D eigenvalue weighted by atomic mass is 10.1. The van der Waals surface area contributed by atoms with E-state index < -0.39 is 9.04 Å². The lowest BCUT2D eigenvalue weighted by molar-refractivity contribution is 0.311. The second-order valence-electron chi connectivity index (χ2n) is 4.63. The fourth-order valence-electron chi connectivity index (χ4n) is 2.01. The van der Waals surface area contributed by atoms with E-state index in [9.17, 15) is 0 Å². The molecule has 0 spiro atoms. The van der Waals surface area contributed by atoms with Gasteiger partial charge in [0, 0.05) is 6.61 Å². The summed E-state index contributed by atoms with van der Waals surface area (Å²) in [7, 11) is -0.856. The number of benzene rings is 1. The predicted octanol–water partition coefficient (Wildman–Crippen LogP) is 4.18. The summed E-state index contributed by atoms with van der Waals surface area (Å²) in [6, 6.07) is 13.3. The van der Waals surface area contributed by atoms with Crippen LogP contribution in [0.15, 0.2) is 30.3 Å². The molecule has 1 aromatic rings. The molecular weight excluding hydrogens is 224 g/mol. The van der Waals surface area contributed by atoms with Crippen LogP contribution in [0.5, 0.6) is 0 Å². The maximum absolute atomic E-state index is 6.05. The van der Waals surface area contributed by atoms with Crippen LogP contribution in [-0.4, -0.2) is 15.6 Å². The molecule has 0 radical (unpaired) electrons. The van der Waals surface area contributed by atoms with Gasteiger partial charge in [-0.3, -0.25) is 0 Å². The molecule has 1 unspecified atom stereocenters. The predicted molar refractivity (Wildman–Crippen MR) is 78.1 cm³/mol. The Hall–Kier alpha value is -0.603. The first-order chi connectivity index (χ1) is 8.36. The molecule has 0 N–H and O–H groups in total. The molecule has 1 nitrogen and oxygen atoms in total. The summed E-state index contributed by atoms with van der Waals surface area (Å²) in [6.45, 7) is 5.50. The summed E-state index contributed by atoms with van der Waals surface area (Å²) in [4.78, 5) is 0. The highest BCUT2D eigenvalue weighted by atomic mass is 28.3. The SMILES string of the molecule is CCCC[SiH](CC)OCCCc1ccccc1. The molecule has 0 amide bonds. The second-order valence-corrected chi connectivity index (χ2v) is 7.60. The quantitative estimate of drug-likeness (QED) is 0.472. The van der Waals surface area contributed by atoms with Crippen molar-refractivity contribution in [3.8, 4) is 0 Å². The topological polar surface area (TPSA) is 9.23 Å². The van der Waals surface area contributed by atoms with Gasteiger partial charge in [-0.1, -0.05) is 57.0 Å². The minimum atomic E-state index is -0.856. The summed E-state index contributed by atoms with van der Waals surface area (Å²) in [6.07, 6.45) is 4.97. The Kier molecular flexibility index (Phi) is 8.02. The Bertz CT molecular complexity index is 274. The molecular formula is C15H26OSi. The lowest BCUT2D eigenvalue weighted by Gasteiger charge is -2.13. The molecule has 0 saturated heterocycles. The van der Waals surface area contributed by atoms with E-state index in [1.165, 1.54) is 36.9 Å². The average Bonchev–Trinajstić information content (AvgIpc) is 2.39. The highest BCUT2D eigenvalue weighted by Crippen LogP contribution is 2.08. The molecule has 17 heavy (non-hydrogen) atoms. The monoisotopic (exact) mass is 250 g/mol. The molecule has 0 bridgehead atoms. The fraction of sp³-hybridized carbons (Fsp3) is 0.600. The van der Waals surface area contributed by atoms with E-state index in [1.54, 1.807) is 0 Å². The van der Waals surface area contributed by atoms with Gasteiger partial charge in [-0.05, 0) is 30.5 Å². The molecule has 0 aliphatic carbocycles. The van der Waals surface area contributed by atoms with Crippen LogP contribution in [0.2, 0.25) is 12.1 Å². The summed E-state index contributed by atoms with van der Waals surface area (Å²) in [5.41, 5.74) is 1.43. The smallest absolute Gasteiger partial charge is 0.176 e.